The molecule has 3 aromatic heterocycles. The monoisotopic (exact) mass is 484 g/mol. The van der Waals surface area contributed by atoms with Gasteiger partial charge in [-0.2, -0.15) is 0 Å². The molecule has 1 N–H and O–H groups in total. The van der Waals surface area contributed by atoms with E-state index in [2.05, 4.69) is 70.1 Å². The Morgan fingerprint density at radius 3 is 2.63 bits per heavy atom. The molecule has 0 saturated carbocycles. The van der Waals surface area contributed by atoms with Crippen molar-refractivity contribution in [1.29, 1.82) is 0 Å². The van der Waals surface area contributed by atoms with Crippen LogP contribution in [0.15, 0.2) is 53.8 Å². The minimum atomic E-state index is -0.440. The second kappa shape index (κ2) is 9.54. The molecule has 0 unspecified atom stereocenters. The van der Waals surface area contributed by atoms with Gasteiger partial charge in [-0.25, -0.2) is 0 Å². The number of nitrogens with one attached hydrogen (secondary N) is 1. The van der Waals surface area contributed by atoms with E-state index in [9.17, 15) is 4.79 Å². The summed E-state index contributed by atoms with van der Waals surface area (Å²) in [6, 6.07) is 11.9. The predicted molar refractivity (Wildman–Crippen MR) is 139 cm³/mol. The molecule has 0 saturated heterocycles. The zero-order valence-electron chi connectivity index (χ0n) is 20.4. The highest BCUT2D eigenvalue weighted by Gasteiger charge is 2.32. The van der Waals surface area contributed by atoms with Gasteiger partial charge in [-0.05, 0) is 51.3 Å². The van der Waals surface area contributed by atoms with Gasteiger partial charge in [-0.3, -0.25) is 19.3 Å². The summed E-state index contributed by atoms with van der Waals surface area (Å²) in [6.45, 7) is 8.84. The van der Waals surface area contributed by atoms with Gasteiger partial charge < -0.3 is 5.32 Å². The van der Waals surface area contributed by atoms with E-state index in [1.807, 2.05) is 25.3 Å². The van der Waals surface area contributed by atoms with Crippen molar-refractivity contribution in [2.45, 2.75) is 46.6 Å². The third-order valence-electron chi connectivity index (χ3n) is 6.40. The fourth-order valence-corrected chi connectivity index (χ4v) is 5.59. The van der Waals surface area contributed by atoms with Gasteiger partial charge in [0.15, 0.2) is 5.82 Å². The minimum absolute atomic E-state index is 0.0590. The Morgan fingerprint density at radius 2 is 1.89 bits per heavy atom. The molecule has 4 aromatic rings. The quantitative estimate of drug-likeness (QED) is 0.433. The molecule has 0 fully saturated rings. The first-order chi connectivity index (χ1) is 16.9. The van der Waals surface area contributed by atoms with Gasteiger partial charge in [0, 0.05) is 34.9 Å². The van der Waals surface area contributed by atoms with E-state index in [-0.39, 0.29) is 12.3 Å². The summed E-state index contributed by atoms with van der Waals surface area (Å²) < 4.78 is 2.08. The van der Waals surface area contributed by atoms with Crippen LogP contribution in [0.5, 0.6) is 0 Å². The van der Waals surface area contributed by atoms with Crippen molar-refractivity contribution >= 4 is 23.0 Å². The van der Waals surface area contributed by atoms with Crippen LogP contribution >= 0.6 is 11.3 Å². The van der Waals surface area contributed by atoms with Crippen molar-refractivity contribution in [3.8, 4) is 5.00 Å². The largest absolute Gasteiger partial charge is 0.356 e. The van der Waals surface area contributed by atoms with Crippen LogP contribution in [0.4, 0.5) is 0 Å². The van der Waals surface area contributed by atoms with Crippen molar-refractivity contribution in [2.24, 2.45) is 4.99 Å². The molecule has 4 heterocycles. The lowest BCUT2D eigenvalue weighted by atomic mass is 9.99. The van der Waals surface area contributed by atoms with Gasteiger partial charge in [-0.15, -0.1) is 21.5 Å². The molecule has 1 amide bonds. The number of aryl methyl sites for hydroxylation is 3. The van der Waals surface area contributed by atoms with Crippen LogP contribution in [-0.2, 0) is 11.2 Å². The van der Waals surface area contributed by atoms with Gasteiger partial charge in [0.1, 0.15) is 16.9 Å². The summed E-state index contributed by atoms with van der Waals surface area (Å²) in [6.07, 6.45) is 4.50. The van der Waals surface area contributed by atoms with E-state index in [0.29, 0.717) is 12.4 Å². The number of amides is 1. The molecule has 7 nitrogen and oxygen atoms in total. The molecule has 0 bridgehead atoms. The van der Waals surface area contributed by atoms with Crippen molar-refractivity contribution in [1.82, 2.24) is 25.1 Å². The summed E-state index contributed by atoms with van der Waals surface area (Å²) in [5, 5.41) is 13.0. The first kappa shape index (κ1) is 23.1. The first-order valence-electron chi connectivity index (χ1n) is 11.8. The third kappa shape index (κ3) is 4.53. The lowest BCUT2D eigenvalue weighted by Crippen LogP contribution is -2.27. The van der Waals surface area contributed by atoms with E-state index in [0.717, 1.165) is 39.6 Å². The Bertz CT molecular complexity index is 1400. The van der Waals surface area contributed by atoms with Crippen LogP contribution < -0.4 is 5.32 Å². The SMILES string of the molecule is Cc1ccc(C2=N[C@@H](CC(=O)NCCc3cccnc3)c3nnc(C)n3-c3sc(C)c(C)c32)cc1. The van der Waals surface area contributed by atoms with Gasteiger partial charge >= 0.3 is 0 Å². The fraction of sp³-hybridized carbons (Fsp3) is 0.296. The average Bonchev–Trinajstić information content (AvgIpc) is 3.32. The maximum Gasteiger partial charge on any atom is 0.222 e. The van der Waals surface area contributed by atoms with Gasteiger partial charge in [0.2, 0.25) is 5.91 Å². The number of rotatable bonds is 6. The molecule has 1 aliphatic heterocycles. The molecule has 35 heavy (non-hydrogen) atoms. The molecule has 8 heteroatoms. The van der Waals surface area contributed by atoms with E-state index in [1.165, 1.54) is 16.0 Å². The smallest absolute Gasteiger partial charge is 0.222 e. The molecule has 5 rings (SSSR count). The number of hydrogen-bond acceptors (Lipinski definition) is 6. The summed E-state index contributed by atoms with van der Waals surface area (Å²) in [5.74, 6) is 1.44. The van der Waals surface area contributed by atoms with E-state index in [1.54, 1.807) is 17.5 Å². The second-order valence-corrected chi connectivity index (χ2v) is 10.1. The van der Waals surface area contributed by atoms with Crippen LogP contribution in [0.2, 0.25) is 0 Å². The average molecular weight is 485 g/mol. The highest BCUT2D eigenvalue weighted by molar-refractivity contribution is 7.15. The predicted octanol–water partition coefficient (Wildman–Crippen LogP) is 4.60. The number of thiophene rings is 1. The normalized spacial score (nSPS) is 14.6. The summed E-state index contributed by atoms with van der Waals surface area (Å²) >= 11 is 1.72. The molecule has 1 aliphatic rings. The van der Waals surface area contributed by atoms with Crippen LogP contribution in [0.25, 0.3) is 5.00 Å². The Kier molecular flexibility index (Phi) is 6.30. The van der Waals surface area contributed by atoms with Crippen LogP contribution in [0.1, 0.15) is 56.8 Å². The number of pyridine rings is 1. The fourth-order valence-electron chi connectivity index (χ4n) is 4.38. The molecule has 1 aromatic carbocycles. The molecule has 0 spiro atoms. The minimum Gasteiger partial charge on any atom is -0.356 e. The van der Waals surface area contributed by atoms with Crippen molar-refractivity contribution in [2.75, 3.05) is 6.54 Å². The van der Waals surface area contributed by atoms with Gasteiger partial charge in [-0.1, -0.05) is 35.9 Å². The Balaban J connectivity index is 1.50. The van der Waals surface area contributed by atoms with Crippen molar-refractivity contribution in [3.63, 3.8) is 0 Å². The number of carbonyl (C=O) groups excluding carboxylic acids is 1. The third-order valence-corrected chi connectivity index (χ3v) is 7.59. The summed E-state index contributed by atoms with van der Waals surface area (Å²) in [5.41, 5.74) is 6.52. The van der Waals surface area contributed by atoms with E-state index < -0.39 is 6.04 Å². The van der Waals surface area contributed by atoms with E-state index >= 15 is 0 Å². The Hall–Kier alpha value is -3.65. The summed E-state index contributed by atoms with van der Waals surface area (Å²) in [4.78, 5) is 23.6. The van der Waals surface area contributed by atoms with E-state index in [4.69, 9.17) is 4.99 Å². The number of fused-ring (bicyclic) bond motifs is 3. The van der Waals surface area contributed by atoms with Crippen LogP contribution in [0, 0.1) is 27.7 Å². The zero-order valence-corrected chi connectivity index (χ0v) is 21.2. The molecule has 0 aliphatic carbocycles. The van der Waals surface area contributed by atoms with Crippen molar-refractivity contribution in [3.05, 3.63) is 93.1 Å². The maximum atomic E-state index is 13.0. The molecule has 0 radical (unpaired) electrons. The Morgan fingerprint density at radius 1 is 1.09 bits per heavy atom. The summed E-state index contributed by atoms with van der Waals surface area (Å²) in [7, 11) is 0. The molecular weight excluding hydrogens is 456 g/mol. The number of aliphatic imine (C=N–C) groups is 1. The lowest BCUT2D eigenvalue weighted by Gasteiger charge is -2.13. The van der Waals surface area contributed by atoms with Gasteiger partial charge in [0.25, 0.3) is 0 Å². The lowest BCUT2D eigenvalue weighted by molar-refractivity contribution is -0.121. The topological polar surface area (TPSA) is 85.1 Å². The molecule has 178 valence electrons. The van der Waals surface area contributed by atoms with Crippen LogP contribution in [0.3, 0.4) is 0 Å². The molecule has 1 atom stereocenters. The maximum absolute atomic E-state index is 13.0. The standard InChI is InChI=1S/C27H28N6OS/c1-16-7-9-21(10-8-16)25-24-17(2)18(3)35-27(24)33-19(4)31-32-26(33)22(30-25)14-23(34)29-13-11-20-6-5-12-28-15-20/h5-10,12,15,22H,11,13-14H2,1-4H3,(H,29,34)/t22-/m0/s1. The number of carbonyl (C=O) groups is 1. The second-order valence-electron chi connectivity index (χ2n) is 8.93. The van der Waals surface area contributed by atoms with Crippen LogP contribution in [-0.4, -0.2) is 37.9 Å². The van der Waals surface area contributed by atoms with Crippen molar-refractivity contribution < 1.29 is 4.79 Å². The highest BCUT2D eigenvalue weighted by Crippen LogP contribution is 2.39. The molecular formula is C27H28N6OS. The highest BCUT2D eigenvalue weighted by atomic mass is 32.1. The number of benzene rings is 1. The zero-order chi connectivity index (χ0) is 24.5. The number of nitrogens with zero attached hydrogens (tertiary/aromatic N) is 5. The Labute approximate surface area is 209 Å². The van der Waals surface area contributed by atoms with Gasteiger partial charge in [0.05, 0.1) is 12.1 Å². The number of aromatic nitrogens is 4. The number of hydrogen-bond donors (Lipinski definition) is 1. The first-order valence-corrected chi connectivity index (χ1v) is 12.6.